The number of aromatic nitrogens is 2. The standard InChI is InChI=1S/C13H16N4O/c1-18-17-10-6-11-12(8-16-13(11)15-7-10)9-2-4-14-5-3-9/h2,6-8,14,17H,3-5H2,1H3,(H,15,16). The monoisotopic (exact) mass is 244 g/mol. The van der Waals surface area contributed by atoms with E-state index >= 15 is 0 Å². The highest BCUT2D eigenvalue weighted by atomic mass is 16.6. The molecule has 3 heterocycles. The zero-order valence-electron chi connectivity index (χ0n) is 10.3. The lowest BCUT2D eigenvalue weighted by Crippen LogP contribution is -2.19. The average molecular weight is 244 g/mol. The maximum Gasteiger partial charge on any atom is 0.138 e. The van der Waals surface area contributed by atoms with Crippen molar-refractivity contribution in [3.05, 3.63) is 30.1 Å². The van der Waals surface area contributed by atoms with E-state index in [1.807, 2.05) is 6.20 Å². The first-order valence-corrected chi connectivity index (χ1v) is 6.05. The summed E-state index contributed by atoms with van der Waals surface area (Å²) in [4.78, 5) is 12.5. The summed E-state index contributed by atoms with van der Waals surface area (Å²) in [5, 5.41) is 4.45. The lowest BCUT2D eigenvalue weighted by Gasteiger charge is -2.13. The van der Waals surface area contributed by atoms with E-state index in [1.165, 1.54) is 11.1 Å². The number of rotatable bonds is 3. The third-order valence-corrected chi connectivity index (χ3v) is 3.16. The van der Waals surface area contributed by atoms with Gasteiger partial charge in [-0.1, -0.05) is 6.08 Å². The van der Waals surface area contributed by atoms with E-state index in [0.717, 1.165) is 36.2 Å². The van der Waals surface area contributed by atoms with Gasteiger partial charge in [0.2, 0.25) is 0 Å². The summed E-state index contributed by atoms with van der Waals surface area (Å²) in [5.74, 6) is 0. The molecule has 0 atom stereocenters. The number of H-pyrrole nitrogens is 1. The number of aromatic amines is 1. The summed E-state index contributed by atoms with van der Waals surface area (Å²) >= 11 is 0. The van der Waals surface area contributed by atoms with Crippen molar-refractivity contribution in [1.82, 2.24) is 15.3 Å². The Kier molecular flexibility index (Phi) is 3.00. The molecule has 18 heavy (non-hydrogen) atoms. The Hall–Kier alpha value is -1.85. The maximum absolute atomic E-state index is 4.91. The van der Waals surface area contributed by atoms with Gasteiger partial charge in [-0.15, -0.1) is 0 Å². The number of hydrogen-bond donors (Lipinski definition) is 3. The second kappa shape index (κ2) is 4.80. The Balaban J connectivity index is 2.06. The van der Waals surface area contributed by atoms with Crippen LogP contribution in [0.5, 0.6) is 0 Å². The number of fused-ring (bicyclic) bond motifs is 1. The molecule has 1 aliphatic heterocycles. The van der Waals surface area contributed by atoms with Gasteiger partial charge in [-0.2, -0.15) is 0 Å². The zero-order valence-corrected chi connectivity index (χ0v) is 10.3. The minimum atomic E-state index is 0.861. The highest BCUT2D eigenvalue weighted by Gasteiger charge is 2.12. The van der Waals surface area contributed by atoms with Gasteiger partial charge < -0.3 is 10.3 Å². The van der Waals surface area contributed by atoms with Gasteiger partial charge >= 0.3 is 0 Å². The van der Waals surface area contributed by atoms with Crippen molar-refractivity contribution in [3.63, 3.8) is 0 Å². The number of pyridine rings is 1. The molecule has 0 bridgehead atoms. The minimum Gasteiger partial charge on any atom is -0.346 e. The van der Waals surface area contributed by atoms with Gasteiger partial charge in [-0.05, 0) is 24.6 Å². The predicted octanol–water partition coefficient (Wildman–Crippen LogP) is 1.91. The second-order valence-electron chi connectivity index (χ2n) is 4.31. The van der Waals surface area contributed by atoms with Crippen LogP contribution in [-0.2, 0) is 4.84 Å². The SMILES string of the molecule is CONc1cnc2[nH]cc(C3=CCNCC3)c2c1. The quantitative estimate of drug-likeness (QED) is 0.722. The fourth-order valence-electron chi connectivity index (χ4n) is 2.31. The van der Waals surface area contributed by atoms with E-state index in [2.05, 4.69) is 32.9 Å². The Morgan fingerprint density at radius 2 is 2.39 bits per heavy atom. The molecule has 0 unspecified atom stereocenters. The molecule has 3 N–H and O–H groups in total. The summed E-state index contributed by atoms with van der Waals surface area (Å²) in [7, 11) is 1.59. The molecule has 94 valence electrons. The molecule has 0 aromatic carbocycles. The van der Waals surface area contributed by atoms with Gasteiger partial charge in [0.05, 0.1) is 19.0 Å². The molecule has 5 heteroatoms. The maximum atomic E-state index is 4.91. The lowest BCUT2D eigenvalue weighted by atomic mass is 10.0. The molecule has 2 aromatic heterocycles. The van der Waals surface area contributed by atoms with Crippen molar-refractivity contribution in [2.24, 2.45) is 0 Å². The molecule has 2 aromatic rings. The zero-order chi connectivity index (χ0) is 12.4. The molecular weight excluding hydrogens is 228 g/mol. The fourth-order valence-corrected chi connectivity index (χ4v) is 2.31. The van der Waals surface area contributed by atoms with E-state index in [1.54, 1.807) is 13.3 Å². The van der Waals surface area contributed by atoms with E-state index in [4.69, 9.17) is 4.84 Å². The van der Waals surface area contributed by atoms with Gasteiger partial charge in [-0.3, -0.25) is 10.3 Å². The van der Waals surface area contributed by atoms with Crippen LogP contribution in [0.4, 0.5) is 5.69 Å². The smallest absolute Gasteiger partial charge is 0.138 e. The Morgan fingerprint density at radius 3 is 3.17 bits per heavy atom. The van der Waals surface area contributed by atoms with Crippen molar-refractivity contribution < 1.29 is 4.84 Å². The first-order chi connectivity index (χ1) is 8.88. The topological polar surface area (TPSA) is 62.0 Å². The van der Waals surface area contributed by atoms with Crippen LogP contribution in [0.15, 0.2) is 24.5 Å². The highest BCUT2D eigenvalue weighted by Crippen LogP contribution is 2.28. The molecule has 3 rings (SSSR count). The summed E-state index contributed by atoms with van der Waals surface area (Å²) in [6, 6.07) is 2.06. The van der Waals surface area contributed by atoms with Crippen LogP contribution < -0.4 is 10.8 Å². The number of nitrogens with zero attached hydrogens (tertiary/aromatic N) is 1. The van der Waals surface area contributed by atoms with Gasteiger partial charge in [0.25, 0.3) is 0 Å². The van der Waals surface area contributed by atoms with Gasteiger partial charge in [-0.25, -0.2) is 4.98 Å². The third kappa shape index (κ3) is 1.98. The predicted molar refractivity (Wildman–Crippen MR) is 72.2 cm³/mol. The van der Waals surface area contributed by atoms with E-state index in [0.29, 0.717) is 0 Å². The summed E-state index contributed by atoms with van der Waals surface area (Å²) in [6.45, 7) is 1.97. The van der Waals surface area contributed by atoms with Gasteiger partial charge in [0.15, 0.2) is 0 Å². The van der Waals surface area contributed by atoms with Crippen LogP contribution in [0.2, 0.25) is 0 Å². The fraction of sp³-hybridized carbons (Fsp3) is 0.308. The largest absolute Gasteiger partial charge is 0.346 e. The number of hydrogen-bond acceptors (Lipinski definition) is 4. The van der Waals surface area contributed by atoms with E-state index in [9.17, 15) is 0 Å². The molecule has 0 fully saturated rings. The molecule has 0 amide bonds. The van der Waals surface area contributed by atoms with Crippen molar-refractivity contribution in [1.29, 1.82) is 0 Å². The highest BCUT2D eigenvalue weighted by molar-refractivity contribution is 5.92. The van der Waals surface area contributed by atoms with Crippen molar-refractivity contribution >= 4 is 22.3 Å². The Morgan fingerprint density at radius 1 is 1.44 bits per heavy atom. The molecule has 5 nitrogen and oxygen atoms in total. The van der Waals surface area contributed by atoms with Crippen LogP contribution in [0, 0.1) is 0 Å². The van der Waals surface area contributed by atoms with Crippen LogP contribution in [-0.4, -0.2) is 30.2 Å². The van der Waals surface area contributed by atoms with E-state index in [-0.39, 0.29) is 0 Å². The summed E-state index contributed by atoms with van der Waals surface area (Å²) < 4.78 is 0. The molecule has 0 spiro atoms. The minimum absolute atomic E-state index is 0.861. The van der Waals surface area contributed by atoms with E-state index < -0.39 is 0 Å². The summed E-state index contributed by atoms with van der Waals surface area (Å²) in [6.07, 6.45) is 7.08. The van der Waals surface area contributed by atoms with Crippen LogP contribution in [0.1, 0.15) is 12.0 Å². The third-order valence-electron chi connectivity index (χ3n) is 3.16. The molecule has 0 saturated carbocycles. The normalized spacial score (nSPS) is 15.7. The second-order valence-corrected chi connectivity index (χ2v) is 4.31. The Bertz CT molecular complexity index is 588. The van der Waals surface area contributed by atoms with Crippen LogP contribution >= 0.6 is 0 Å². The van der Waals surface area contributed by atoms with Gasteiger partial charge in [0.1, 0.15) is 5.65 Å². The average Bonchev–Trinajstić information content (AvgIpc) is 2.83. The molecule has 0 saturated heterocycles. The first kappa shape index (κ1) is 11.3. The first-order valence-electron chi connectivity index (χ1n) is 6.05. The molecule has 1 aliphatic rings. The molecular formula is C13H16N4O. The van der Waals surface area contributed by atoms with Crippen LogP contribution in [0.25, 0.3) is 16.6 Å². The number of anilines is 1. The molecule has 0 radical (unpaired) electrons. The Labute approximate surface area is 105 Å². The van der Waals surface area contributed by atoms with Gasteiger partial charge in [0, 0.05) is 23.7 Å². The lowest BCUT2D eigenvalue weighted by molar-refractivity contribution is 0.271. The molecule has 0 aliphatic carbocycles. The summed E-state index contributed by atoms with van der Waals surface area (Å²) in [5.41, 5.74) is 7.19. The van der Waals surface area contributed by atoms with Crippen molar-refractivity contribution in [2.75, 3.05) is 25.7 Å². The number of nitrogens with one attached hydrogen (secondary N) is 3. The van der Waals surface area contributed by atoms with Crippen LogP contribution in [0.3, 0.4) is 0 Å². The van der Waals surface area contributed by atoms with Crippen molar-refractivity contribution in [3.8, 4) is 0 Å². The van der Waals surface area contributed by atoms with Crippen molar-refractivity contribution in [2.45, 2.75) is 6.42 Å².